The largest absolute Gasteiger partial charge is 0.325 e. The van der Waals surface area contributed by atoms with E-state index in [0.717, 1.165) is 33.7 Å². The van der Waals surface area contributed by atoms with Crippen LogP contribution in [0.3, 0.4) is 0 Å². The van der Waals surface area contributed by atoms with Crippen LogP contribution in [0.1, 0.15) is 39.5 Å². The van der Waals surface area contributed by atoms with E-state index in [2.05, 4.69) is 18.3 Å². The van der Waals surface area contributed by atoms with Crippen LogP contribution < -0.4 is 5.32 Å². The molecule has 0 unspecified atom stereocenters. The van der Waals surface area contributed by atoms with Crippen LogP contribution in [-0.4, -0.2) is 17.4 Å². The number of thioether (sulfide) groups is 1. The van der Waals surface area contributed by atoms with E-state index < -0.39 is 0 Å². The Morgan fingerprint density at radius 2 is 1.71 bits per heavy atom. The summed E-state index contributed by atoms with van der Waals surface area (Å²) < 4.78 is 0. The van der Waals surface area contributed by atoms with Crippen molar-refractivity contribution < 1.29 is 9.59 Å². The molecule has 0 aliphatic rings. The molecule has 3 nitrogen and oxygen atoms in total. The van der Waals surface area contributed by atoms with Gasteiger partial charge in [0.15, 0.2) is 5.78 Å². The number of nitrogens with one attached hydrogen (secondary N) is 1. The van der Waals surface area contributed by atoms with Gasteiger partial charge in [-0.1, -0.05) is 24.3 Å². The van der Waals surface area contributed by atoms with E-state index in [1.807, 2.05) is 44.2 Å². The number of hydrogen-bond donors (Lipinski definition) is 1. The average Bonchev–Trinajstić information content (AvgIpc) is 2.50. The zero-order chi connectivity index (χ0) is 17.7. The second-order valence-corrected chi connectivity index (χ2v) is 6.94. The zero-order valence-corrected chi connectivity index (χ0v) is 15.4. The van der Waals surface area contributed by atoms with Crippen LogP contribution in [0, 0.1) is 20.8 Å². The fourth-order valence-corrected chi connectivity index (χ4v) is 3.96. The predicted molar refractivity (Wildman–Crippen MR) is 102 cm³/mol. The maximum absolute atomic E-state index is 12.0. The fourth-order valence-electron chi connectivity index (χ4n) is 2.95. The molecule has 0 saturated carbocycles. The van der Waals surface area contributed by atoms with Gasteiger partial charge in [0.1, 0.15) is 0 Å². The standard InChI is InChI=1S/C20H23NO2S/c1-13-10-14(2)20(16(4)22)15(3)18(13)11-24-12-19(23)21-17-8-6-5-7-9-17/h5-10H,11-12H2,1-4H3,(H,21,23). The quantitative estimate of drug-likeness (QED) is 0.776. The first kappa shape index (κ1) is 18.3. The molecular formula is C20H23NO2S. The predicted octanol–water partition coefficient (Wildman–Crippen LogP) is 4.69. The molecule has 0 aromatic heterocycles. The summed E-state index contributed by atoms with van der Waals surface area (Å²) in [6.45, 7) is 7.64. The molecule has 2 aromatic carbocycles. The van der Waals surface area contributed by atoms with Crippen molar-refractivity contribution >= 4 is 29.1 Å². The van der Waals surface area contributed by atoms with Gasteiger partial charge in [0, 0.05) is 17.0 Å². The monoisotopic (exact) mass is 341 g/mol. The molecule has 2 aromatic rings. The highest BCUT2D eigenvalue weighted by atomic mass is 32.2. The second-order valence-electron chi connectivity index (χ2n) is 5.95. The van der Waals surface area contributed by atoms with E-state index in [9.17, 15) is 9.59 Å². The summed E-state index contributed by atoms with van der Waals surface area (Å²) >= 11 is 1.56. The first-order valence-corrected chi connectivity index (χ1v) is 9.09. The highest BCUT2D eigenvalue weighted by Crippen LogP contribution is 2.26. The lowest BCUT2D eigenvalue weighted by atomic mass is 9.92. The highest BCUT2D eigenvalue weighted by molar-refractivity contribution is 7.99. The maximum Gasteiger partial charge on any atom is 0.234 e. The summed E-state index contributed by atoms with van der Waals surface area (Å²) in [7, 11) is 0. The molecule has 0 bridgehead atoms. The van der Waals surface area contributed by atoms with E-state index in [4.69, 9.17) is 0 Å². The number of anilines is 1. The molecule has 0 fully saturated rings. The van der Waals surface area contributed by atoms with Crippen molar-refractivity contribution in [2.75, 3.05) is 11.1 Å². The number of Topliss-reactive ketones (excluding diaryl/α,β-unsaturated/α-hetero) is 1. The summed E-state index contributed by atoms with van der Waals surface area (Å²) in [6.07, 6.45) is 0. The van der Waals surface area contributed by atoms with Gasteiger partial charge in [-0.05, 0) is 62.1 Å². The Hall–Kier alpha value is -2.07. The number of ketones is 1. The molecule has 126 valence electrons. The Labute approximate surface area is 147 Å². The number of rotatable bonds is 6. The number of para-hydroxylation sites is 1. The molecule has 0 aliphatic carbocycles. The number of aryl methyl sites for hydroxylation is 2. The number of hydrogen-bond acceptors (Lipinski definition) is 3. The van der Waals surface area contributed by atoms with Crippen molar-refractivity contribution in [1.29, 1.82) is 0 Å². The van der Waals surface area contributed by atoms with E-state index in [1.165, 1.54) is 5.56 Å². The van der Waals surface area contributed by atoms with Crippen molar-refractivity contribution in [3.63, 3.8) is 0 Å². The molecule has 0 spiro atoms. The van der Waals surface area contributed by atoms with Gasteiger partial charge in [-0.15, -0.1) is 11.8 Å². The Morgan fingerprint density at radius 3 is 2.33 bits per heavy atom. The first-order valence-electron chi connectivity index (χ1n) is 7.93. The third kappa shape index (κ3) is 4.48. The lowest BCUT2D eigenvalue weighted by Gasteiger charge is -2.15. The van der Waals surface area contributed by atoms with Gasteiger partial charge in [-0.2, -0.15) is 0 Å². The highest BCUT2D eigenvalue weighted by Gasteiger charge is 2.14. The minimum Gasteiger partial charge on any atom is -0.325 e. The molecule has 1 amide bonds. The third-order valence-corrected chi connectivity index (χ3v) is 4.98. The lowest BCUT2D eigenvalue weighted by Crippen LogP contribution is -2.14. The fraction of sp³-hybridized carbons (Fsp3) is 0.300. The second kappa shape index (κ2) is 8.15. The maximum atomic E-state index is 12.0. The summed E-state index contributed by atoms with van der Waals surface area (Å²) in [5.74, 6) is 1.19. The summed E-state index contributed by atoms with van der Waals surface area (Å²) in [6, 6.07) is 11.5. The van der Waals surface area contributed by atoms with Gasteiger partial charge in [-0.25, -0.2) is 0 Å². The smallest absolute Gasteiger partial charge is 0.234 e. The molecule has 0 saturated heterocycles. The van der Waals surface area contributed by atoms with Crippen LogP contribution in [0.5, 0.6) is 0 Å². The number of carbonyl (C=O) groups excluding carboxylic acids is 2. The van der Waals surface area contributed by atoms with Crippen molar-refractivity contribution in [2.45, 2.75) is 33.4 Å². The lowest BCUT2D eigenvalue weighted by molar-refractivity contribution is -0.113. The third-order valence-electron chi connectivity index (χ3n) is 4.02. The van der Waals surface area contributed by atoms with Crippen LogP contribution in [-0.2, 0) is 10.5 Å². The van der Waals surface area contributed by atoms with Crippen LogP contribution in [0.25, 0.3) is 0 Å². The van der Waals surface area contributed by atoms with E-state index >= 15 is 0 Å². The summed E-state index contributed by atoms with van der Waals surface area (Å²) in [5.41, 5.74) is 6.01. The van der Waals surface area contributed by atoms with Crippen molar-refractivity contribution in [3.8, 4) is 0 Å². The van der Waals surface area contributed by atoms with Gasteiger partial charge in [0.05, 0.1) is 5.75 Å². The molecule has 2 rings (SSSR count). The molecule has 1 N–H and O–H groups in total. The minimum absolute atomic E-state index is 0.0135. The van der Waals surface area contributed by atoms with Gasteiger partial charge in [0.2, 0.25) is 5.91 Å². The van der Waals surface area contributed by atoms with Crippen LogP contribution in [0.15, 0.2) is 36.4 Å². The molecule has 24 heavy (non-hydrogen) atoms. The Bertz CT molecular complexity index is 754. The molecule has 0 heterocycles. The van der Waals surface area contributed by atoms with E-state index in [-0.39, 0.29) is 11.7 Å². The van der Waals surface area contributed by atoms with Crippen molar-refractivity contribution in [1.82, 2.24) is 0 Å². The van der Waals surface area contributed by atoms with Gasteiger partial charge >= 0.3 is 0 Å². The Morgan fingerprint density at radius 1 is 1.04 bits per heavy atom. The number of amides is 1. The number of benzene rings is 2. The summed E-state index contributed by atoms with van der Waals surface area (Å²) in [5, 5.41) is 2.88. The van der Waals surface area contributed by atoms with Gasteiger partial charge in [-0.3, -0.25) is 9.59 Å². The zero-order valence-electron chi connectivity index (χ0n) is 14.6. The van der Waals surface area contributed by atoms with Crippen LogP contribution >= 0.6 is 11.8 Å². The molecule has 0 atom stereocenters. The van der Waals surface area contributed by atoms with Crippen LogP contribution in [0.4, 0.5) is 5.69 Å². The normalized spacial score (nSPS) is 10.5. The Kier molecular flexibility index (Phi) is 6.21. The van der Waals surface area contributed by atoms with Gasteiger partial charge in [0.25, 0.3) is 0 Å². The molecule has 4 heteroatoms. The SMILES string of the molecule is CC(=O)c1c(C)cc(C)c(CSCC(=O)Nc2ccccc2)c1C. The number of carbonyl (C=O) groups is 2. The Balaban J connectivity index is 2.01. The summed E-state index contributed by atoms with van der Waals surface area (Å²) in [4.78, 5) is 23.9. The minimum atomic E-state index is -0.0135. The van der Waals surface area contributed by atoms with E-state index in [0.29, 0.717) is 5.75 Å². The first-order chi connectivity index (χ1) is 11.4. The van der Waals surface area contributed by atoms with Crippen molar-refractivity contribution in [2.24, 2.45) is 0 Å². The van der Waals surface area contributed by atoms with Gasteiger partial charge < -0.3 is 5.32 Å². The van der Waals surface area contributed by atoms with E-state index in [1.54, 1.807) is 18.7 Å². The molecular weight excluding hydrogens is 318 g/mol. The van der Waals surface area contributed by atoms with Crippen molar-refractivity contribution in [3.05, 3.63) is 64.2 Å². The topological polar surface area (TPSA) is 46.2 Å². The van der Waals surface area contributed by atoms with Crippen LogP contribution in [0.2, 0.25) is 0 Å². The average molecular weight is 341 g/mol. The molecule has 0 radical (unpaired) electrons. The molecule has 0 aliphatic heterocycles.